The minimum Gasteiger partial charge on any atom is -0.458 e. The second-order valence-electron chi connectivity index (χ2n) is 8.52. The highest BCUT2D eigenvalue weighted by Crippen LogP contribution is 2.32. The van der Waals surface area contributed by atoms with Gasteiger partial charge < -0.3 is 9.64 Å². The van der Waals surface area contributed by atoms with Crippen molar-refractivity contribution in [3.05, 3.63) is 45.5 Å². The number of likely N-dealkylation sites (tertiary alicyclic amines) is 1. The molecule has 1 fully saturated rings. The summed E-state index contributed by atoms with van der Waals surface area (Å²) in [4.78, 5) is 29.0. The number of hydrogen-bond donors (Lipinski definition) is 0. The summed E-state index contributed by atoms with van der Waals surface area (Å²) in [6.07, 6.45) is 7.16. The molecule has 2 aliphatic rings. The molecule has 1 saturated heterocycles. The Labute approximate surface area is 195 Å². The van der Waals surface area contributed by atoms with Gasteiger partial charge in [0.1, 0.15) is 6.10 Å². The summed E-state index contributed by atoms with van der Waals surface area (Å²) in [7, 11) is 1.90. The molecule has 1 amide bonds. The predicted octanol–water partition coefficient (Wildman–Crippen LogP) is 4.89. The second kappa shape index (κ2) is 10.8. The lowest BCUT2D eigenvalue weighted by atomic mass is 9.86. The number of ether oxygens (including phenoxy) is 1. The first-order chi connectivity index (χ1) is 14.8. The minimum atomic E-state index is -0.249. The van der Waals surface area contributed by atoms with Crippen LogP contribution in [0.5, 0.6) is 0 Å². The van der Waals surface area contributed by atoms with Crippen molar-refractivity contribution in [1.82, 2.24) is 9.80 Å². The number of likely N-dealkylation sites (N-methyl/N-ethyl adjacent to an activating group) is 1. The lowest BCUT2D eigenvalue weighted by Gasteiger charge is -2.42. The third-order valence-electron chi connectivity index (χ3n) is 6.39. The predicted molar refractivity (Wildman–Crippen MR) is 124 cm³/mol. The molecule has 3 rings (SSSR count). The van der Waals surface area contributed by atoms with Crippen LogP contribution in [0.25, 0.3) is 0 Å². The summed E-state index contributed by atoms with van der Waals surface area (Å²) in [5.74, 6) is -0.182. The summed E-state index contributed by atoms with van der Waals surface area (Å²) in [6.45, 7) is 5.56. The number of carbonyl (C=O) groups is 2. The molecule has 0 saturated carbocycles. The molecular weight excluding hydrogens is 435 g/mol. The summed E-state index contributed by atoms with van der Waals surface area (Å²) >= 11 is 12.1. The topological polar surface area (TPSA) is 49.9 Å². The average Bonchev–Trinajstić information content (AvgIpc) is 3.28. The lowest BCUT2D eigenvalue weighted by Crippen LogP contribution is -2.53. The molecule has 0 aromatic heterocycles. The van der Waals surface area contributed by atoms with E-state index in [1.54, 1.807) is 12.1 Å². The molecule has 3 atom stereocenters. The molecule has 7 heteroatoms. The zero-order chi connectivity index (χ0) is 22.5. The molecule has 1 aromatic rings. The van der Waals surface area contributed by atoms with Crippen molar-refractivity contribution in [2.24, 2.45) is 0 Å². The van der Waals surface area contributed by atoms with Crippen molar-refractivity contribution in [3.8, 4) is 0 Å². The van der Waals surface area contributed by atoms with E-state index in [1.807, 2.05) is 24.9 Å². The fourth-order valence-corrected chi connectivity index (χ4v) is 5.05. The minimum absolute atomic E-state index is 0.0662. The van der Waals surface area contributed by atoms with Crippen LogP contribution in [0.4, 0.5) is 0 Å². The highest BCUT2D eigenvalue weighted by molar-refractivity contribution is 6.42. The van der Waals surface area contributed by atoms with Gasteiger partial charge in [0.05, 0.1) is 22.5 Å². The first kappa shape index (κ1) is 24.1. The van der Waals surface area contributed by atoms with Crippen molar-refractivity contribution in [3.63, 3.8) is 0 Å². The molecule has 0 spiro atoms. The maximum absolute atomic E-state index is 13.1. The van der Waals surface area contributed by atoms with E-state index >= 15 is 0 Å². The Morgan fingerprint density at radius 1 is 1.23 bits per heavy atom. The van der Waals surface area contributed by atoms with E-state index in [0.29, 0.717) is 10.0 Å². The lowest BCUT2D eigenvalue weighted by molar-refractivity contribution is -0.144. The molecule has 1 heterocycles. The van der Waals surface area contributed by atoms with E-state index in [0.717, 1.165) is 37.9 Å². The molecule has 1 aromatic carbocycles. The molecule has 3 unspecified atom stereocenters. The largest absolute Gasteiger partial charge is 0.458 e. The van der Waals surface area contributed by atoms with Crippen LogP contribution < -0.4 is 0 Å². The monoisotopic (exact) mass is 466 g/mol. The average molecular weight is 467 g/mol. The standard InChI is InChI=1S/C24H32Cl2N2O3/c1-4-23(31-16(2)29)18-8-10-21(22(15-18)28-11-5-6-12-28)27(3)24(30)14-17-7-9-19(25)20(26)13-17/h7,9,13,15,21-23H,4-6,8,10-12,14H2,1-3H3. The molecule has 0 N–H and O–H groups in total. The van der Waals surface area contributed by atoms with Crippen LogP contribution in [-0.2, 0) is 20.7 Å². The normalized spacial score (nSPS) is 22.7. The fraction of sp³-hybridized carbons (Fsp3) is 0.583. The fourth-order valence-electron chi connectivity index (χ4n) is 4.73. The number of amides is 1. The number of carbonyl (C=O) groups excluding carboxylic acids is 2. The van der Waals surface area contributed by atoms with E-state index in [1.165, 1.54) is 25.3 Å². The summed E-state index contributed by atoms with van der Waals surface area (Å²) in [5.41, 5.74) is 2.04. The van der Waals surface area contributed by atoms with Gasteiger partial charge in [-0.05, 0) is 68.5 Å². The Morgan fingerprint density at radius 2 is 1.94 bits per heavy atom. The number of hydrogen-bond acceptors (Lipinski definition) is 4. The first-order valence-electron chi connectivity index (χ1n) is 11.1. The van der Waals surface area contributed by atoms with Crippen LogP contribution in [0.3, 0.4) is 0 Å². The zero-order valence-corrected chi connectivity index (χ0v) is 20.1. The maximum atomic E-state index is 13.1. The highest BCUT2D eigenvalue weighted by Gasteiger charge is 2.36. The summed E-state index contributed by atoms with van der Waals surface area (Å²) in [5, 5.41) is 0.953. The van der Waals surface area contributed by atoms with Gasteiger partial charge in [-0.3, -0.25) is 14.5 Å². The van der Waals surface area contributed by atoms with E-state index in [4.69, 9.17) is 27.9 Å². The molecule has 170 valence electrons. The molecular formula is C24H32Cl2N2O3. The van der Waals surface area contributed by atoms with Gasteiger partial charge >= 0.3 is 5.97 Å². The van der Waals surface area contributed by atoms with Gasteiger partial charge in [-0.1, -0.05) is 42.3 Å². The van der Waals surface area contributed by atoms with Crippen molar-refractivity contribution in [2.75, 3.05) is 20.1 Å². The third kappa shape index (κ3) is 6.03. The quantitative estimate of drug-likeness (QED) is 0.423. The maximum Gasteiger partial charge on any atom is 0.303 e. The van der Waals surface area contributed by atoms with Gasteiger partial charge in [-0.15, -0.1) is 0 Å². The smallest absolute Gasteiger partial charge is 0.303 e. The molecule has 1 aliphatic carbocycles. The van der Waals surface area contributed by atoms with Gasteiger partial charge in [0, 0.05) is 20.0 Å². The number of rotatable bonds is 7. The Morgan fingerprint density at radius 3 is 2.55 bits per heavy atom. The number of benzene rings is 1. The van der Waals surface area contributed by atoms with E-state index in [-0.39, 0.29) is 36.5 Å². The first-order valence-corrected chi connectivity index (χ1v) is 11.9. The van der Waals surface area contributed by atoms with Crippen molar-refractivity contribution >= 4 is 35.1 Å². The van der Waals surface area contributed by atoms with Crippen LogP contribution in [0.15, 0.2) is 29.8 Å². The highest BCUT2D eigenvalue weighted by atomic mass is 35.5. The second-order valence-corrected chi connectivity index (χ2v) is 9.33. The van der Waals surface area contributed by atoms with Gasteiger partial charge in [-0.2, -0.15) is 0 Å². The molecule has 0 bridgehead atoms. The van der Waals surface area contributed by atoms with Crippen molar-refractivity contribution in [1.29, 1.82) is 0 Å². The van der Waals surface area contributed by atoms with E-state index < -0.39 is 0 Å². The van der Waals surface area contributed by atoms with E-state index in [9.17, 15) is 9.59 Å². The number of halogens is 2. The van der Waals surface area contributed by atoms with Crippen LogP contribution in [-0.4, -0.2) is 60.0 Å². The van der Waals surface area contributed by atoms with E-state index in [2.05, 4.69) is 11.0 Å². The SMILES string of the molecule is CCC(OC(C)=O)C1=CC(N2CCCC2)C(N(C)C(=O)Cc2ccc(Cl)c(Cl)c2)CC1. The van der Waals surface area contributed by atoms with Gasteiger partial charge in [-0.25, -0.2) is 0 Å². The van der Waals surface area contributed by atoms with Gasteiger partial charge in [0.2, 0.25) is 5.91 Å². The summed E-state index contributed by atoms with van der Waals surface area (Å²) < 4.78 is 5.56. The summed E-state index contributed by atoms with van der Waals surface area (Å²) in [6, 6.07) is 5.57. The van der Waals surface area contributed by atoms with Crippen LogP contribution in [0.2, 0.25) is 10.0 Å². The molecule has 5 nitrogen and oxygen atoms in total. The zero-order valence-electron chi connectivity index (χ0n) is 18.6. The number of nitrogens with zero attached hydrogens (tertiary/aromatic N) is 2. The molecule has 0 radical (unpaired) electrons. The molecule has 31 heavy (non-hydrogen) atoms. The van der Waals surface area contributed by atoms with Crippen LogP contribution in [0.1, 0.15) is 51.5 Å². The number of esters is 1. The Bertz CT molecular complexity index is 836. The van der Waals surface area contributed by atoms with Crippen molar-refractivity contribution < 1.29 is 14.3 Å². The van der Waals surface area contributed by atoms with Crippen LogP contribution >= 0.6 is 23.2 Å². The van der Waals surface area contributed by atoms with Crippen molar-refractivity contribution in [2.45, 2.75) is 70.6 Å². The third-order valence-corrected chi connectivity index (χ3v) is 7.13. The van der Waals surface area contributed by atoms with Crippen LogP contribution in [0, 0.1) is 0 Å². The molecule has 1 aliphatic heterocycles. The Balaban J connectivity index is 1.78. The van der Waals surface area contributed by atoms with Gasteiger partial charge in [0.15, 0.2) is 0 Å². The Kier molecular flexibility index (Phi) is 8.43. The van der Waals surface area contributed by atoms with Gasteiger partial charge in [0.25, 0.3) is 0 Å². The Hall–Kier alpha value is -1.56.